The highest BCUT2D eigenvalue weighted by Gasteiger charge is 2.07. The summed E-state index contributed by atoms with van der Waals surface area (Å²) in [6, 6.07) is 7.92. The highest BCUT2D eigenvalue weighted by molar-refractivity contribution is 5.94. The van der Waals surface area contributed by atoms with Crippen molar-refractivity contribution in [2.24, 2.45) is 5.73 Å². The zero-order chi connectivity index (χ0) is 12.0. The molecule has 3 heteroatoms. The molecule has 0 aromatic heterocycles. The summed E-state index contributed by atoms with van der Waals surface area (Å²) in [6.07, 6.45) is 2.30. The summed E-state index contributed by atoms with van der Waals surface area (Å²) >= 11 is 0. The molecular weight excluding hydrogens is 200 g/mol. The van der Waals surface area contributed by atoms with Crippen molar-refractivity contribution in [3.8, 4) is 0 Å². The number of primary amides is 1. The Labute approximate surface area is 97.0 Å². The Bertz CT molecular complexity index is 350. The number of nitrogens with two attached hydrogens (primary N) is 1. The van der Waals surface area contributed by atoms with Gasteiger partial charge in [-0.05, 0) is 25.0 Å². The van der Waals surface area contributed by atoms with Crippen LogP contribution < -0.4 is 11.1 Å². The molecule has 0 heterocycles. The summed E-state index contributed by atoms with van der Waals surface area (Å²) in [4.78, 5) is 11.2. The summed E-state index contributed by atoms with van der Waals surface area (Å²) < 4.78 is 0. The smallest absolute Gasteiger partial charge is 0.249 e. The van der Waals surface area contributed by atoms with E-state index in [2.05, 4.69) is 19.2 Å². The van der Waals surface area contributed by atoms with Crippen molar-refractivity contribution in [2.45, 2.75) is 39.3 Å². The first-order chi connectivity index (χ1) is 7.65. The van der Waals surface area contributed by atoms with Gasteiger partial charge in [0.05, 0.1) is 0 Å². The summed E-state index contributed by atoms with van der Waals surface area (Å²) in [5, 5.41) is 3.39. The normalized spacial score (nSPS) is 12.4. The zero-order valence-corrected chi connectivity index (χ0v) is 9.99. The van der Waals surface area contributed by atoms with Gasteiger partial charge in [0.1, 0.15) is 0 Å². The number of amides is 1. The lowest BCUT2D eigenvalue weighted by Gasteiger charge is -2.14. The van der Waals surface area contributed by atoms with Crippen LogP contribution in [0.5, 0.6) is 0 Å². The van der Waals surface area contributed by atoms with Crippen LogP contribution in [0.4, 0.5) is 0 Å². The average molecular weight is 220 g/mol. The highest BCUT2D eigenvalue weighted by atomic mass is 16.1. The minimum absolute atomic E-state index is 0.361. The van der Waals surface area contributed by atoms with Crippen molar-refractivity contribution >= 4 is 5.91 Å². The zero-order valence-electron chi connectivity index (χ0n) is 9.99. The molecule has 0 aliphatic carbocycles. The summed E-state index contributed by atoms with van der Waals surface area (Å²) in [6.45, 7) is 5.01. The summed E-state index contributed by atoms with van der Waals surface area (Å²) in [5.41, 5.74) is 6.89. The maximum atomic E-state index is 11.2. The summed E-state index contributed by atoms with van der Waals surface area (Å²) in [5.74, 6) is -0.361. The van der Waals surface area contributed by atoms with Crippen molar-refractivity contribution in [1.29, 1.82) is 0 Å². The second-order valence-corrected chi connectivity index (χ2v) is 4.09. The molecule has 1 amide bonds. The number of carbonyl (C=O) groups is 1. The second-order valence-electron chi connectivity index (χ2n) is 4.09. The van der Waals surface area contributed by atoms with E-state index < -0.39 is 0 Å². The van der Waals surface area contributed by atoms with Crippen molar-refractivity contribution in [2.75, 3.05) is 0 Å². The van der Waals surface area contributed by atoms with Gasteiger partial charge in [-0.15, -0.1) is 0 Å². The Morgan fingerprint density at radius 1 is 1.44 bits per heavy atom. The monoisotopic (exact) mass is 220 g/mol. The SMILES string of the molecule is CCCC(C)NCc1ccccc1C(N)=O. The van der Waals surface area contributed by atoms with Crippen molar-refractivity contribution in [3.63, 3.8) is 0 Å². The van der Waals surface area contributed by atoms with Gasteiger partial charge in [0.15, 0.2) is 0 Å². The number of hydrogen-bond donors (Lipinski definition) is 2. The van der Waals surface area contributed by atoms with E-state index in [0.29, 0.717) is 18.2 Å². The topological polar surface area (TPSA) is 55.1 Å². The van der Waals surface area contributed by atoms with Gasteiger partial charge in [0.25, 0.3) is 0 Å². The van der Waals surface area contributed by atoms with Gasteiger partial charge in [-0.3, -0.25) is 4.79 Å². The molecule has 88 valence electrons. The van der Waals surface area contributed by atoms with Crippen molar-refractivity contribution in [3.05, 3.63) is 35.4 Å². The van der Waals surface area contributed by atoms with Gasteiger partial charge in [-0.2, -0.15) is 0 Å². The fourth-order valence-electron chi connectivity index (χ4n) is 1.73. The lowest BCUT2D eigenvalue weighted by molar-refractivity contribution is 0.0999. The predicted molar refractivity (Wildman–Crippen MR) is 66.2 cm³/mol. The molecule has 0 aliphatic heterocycles. The number of benzene rings is 1. The fourth-order valence-corrected chi connectivity index (χ4v) is 1.73. The third-order valence-corrected chi connectivity index (χ3v) is 2.65. The molecule has 0 spiro atoms. The van der Waals surface area contributed by atoms with E-state index >= 15 is 0 Å². The Hall–Kier alpha value is -1.35. The largest absolute Gasteiger partial charge is 0.366 e. The maximum absolute atomic E-state index is 11.2. The van der Waals surface area contributed by atoms with Crippen LogP contribution in [0.15, 0.2) is 24.3 Å². The lowest BCUT2D eigenvalue weighted by Crippen LogP contribution is -2.26. The van der Waals surface area contributed by atoms with Crippen LogP contribution in [0.1, 0.15) is 42.6 Å². The first-order valence-corrected chi connectivity index (χ1v) is 5.76. The second kappa shape index (κ2) is 6.28. The van der Waals surface area contributed by atoms with Gasteiger partial charge in [-0.25, -0.2) is 0 Å². The molecule has 0 saturated heterocycles. The first-order valence-electron chi connectivity index (χ1n) is 5.76. The van der Waals surface area contributed by atoms with Gasteiger partial charge >= 0.3 is 0 Å². The maximum Gasteiger partial charge on any atom is 0.249 e. The molecule has 16 heavy (non-hydrogen) atoms. The number of nitrogens with one attached hydrogen (secondary N) is 1. The van der Waals surface area contributed by atoms with E-state index in [1.807, 2.05) is 18.2 Å². The molecule has 3 N–H and O–H groups in total. The average Bonchev–Trinajstić information content (AvgIpc) is 2.27. The summed E-state index contributed by atoms with van der Waals surface area (Å²) in [7, 11) is 0. The van der Waals surface area contributed by atoms with Gasteiger partial charge in [-0.1, -0.05) is 31.5 Å². The van der Waals surface area contributed by atoms with E-state index in [0.717, 1.165) is 18.4 Å². The molecule has 0 saturated carbocycles. The molecule has 1 aromatic carbocycles. The molecule has 0 aliphatic rings. The molecule has 0 radical (unpaired) electrons. The Morgan fingerprint density at radius 3 is 2.75 bits per heavy atom. The number of carbonyl (C=O) groups excluding carboxylic acids is 1. The highest BCUT2D eigenvalue weighted by Crippen LogP contribution is 2.08. The number of hydrogen-bond acceptors (Lipinski definition) is 2. The Balaban J connectivity index is 2.63. The molecule has 1 unspecified atom stereocenters. The van der Waals surface area contributed by atoms with Crippen LogP contribution in [-0.2, 0) is 6.54 Å². The van der Waals surface area contributed by atoms with Gasteiger partial charge in [0.2, 0.25) is 5.91 Å². The molecule has 1 atom stereocenters. The van der Waals surface area contributed by atoms with E-state index in [1.165, 1.54) is 0 Å². The lowest BCUT2D eigenvalue weighted by atomic mass is 10.1. The fraction of sp³-hybridized carbons (Fsp3) is 0.462. The minimum atomic E-state index is -0.361. The van der Waals surface area contributed by atoms with Crippen LogP contribution in [-0.4, -0.2) is 11.9 Å². The van der Waals surface area contributed by atoms with Crippen molar-refractivity contribution in [1.82, 2.24) is 5.32 Å². The molecule has 3 nitrogen and oxygen atoms in total. The third-order valence-electron chi connectivity index (χ3n) is 2.65. The van der Waals surface area contributed by atoms with Gasteiger partial charge < -0.3 is 11.1 Å². The van der Waals surface area contributed by atoms with Crippen LogP contribution in [0.2, 0.25) is 0 Å². The molecule has 1 aromatic rings. The van der Waals surface area contributed by atoms with Crippen LogP contribution >= 0.6 is 0 Å². The van der Waals surface area contributed by atoms with Crippen LogP contribution in [0, 0.1) is 0 Å². The molecule has 1 rings (SSSR count). The predicted octanol–water partition coefficient (Wildman–Crippen LogP) is 2.06. The molecule has 0 bridgehead atoms. The van der Waals surface area contributed by atoms with E-state index in [1.54, 1.807) is 6.07 Å². The van der Waals surface area contributed by atoms with Crippen molar-refractivity contribution < 1.29 is 4.79 Å². The molecular formula is C13H20N2O. The quantitative estimate of drug-likeness (QED) is 0.771. The first kappa shape index (κ1) is 12.7. The van der Waals surface area contributed by atoms with Crippen LogP contribution in [0.25, 0.3) is 0 Å². The minimum Gasteiger partial charge on any atom is -0.366 e. The standard InChI is InChI=1S/C13H20N2O/c1-3-6-10(2)15-9-11-7-4-5-8-12(11)13(14)16/h4-5,7-8,10,15H,3,6,9H2,1-2H3,(H2,14,16). The Morgan fingerprint density at radius 2 is 2.12 bits per heavy atom. The number of rotatable bonds is 6. The Kier molecular flexibility index (Phi) is 4.99. The van der Waals surface area contributed by atoms with E-state index in [9.17, 15) is 4.79 Å². The van der Waals surface area contributed by atoms with E-state index in [-0.39, 0.29) is 5.91 Å². The van der Waals surface area contributed by atoms with E-state index in [4.69, 9.17) is 5.73 Å². The van der Waals surface area contributed by atoms with Gasteiger partial charge in [0, 0.05) is 18.2 Å². The molecule has 0 fully saturated rings. The van der Waals surface area contributed by atoms with Crippen LogP contribution in [0.3, 0.4) is 0 Å². The third kappa shape index (κ3) is 3.66.